The maximum Gasteiger partial charge on any atom is 0.329 e. The molecule has 1 fully saturated rings. The lowest BCUT2D eigenvalue weighted by Gasteiger charge is -2.18. The highest BCUT2D eigenvalue weighted by Gasteiger charge is 2.29. The van der Waals surface area contributed by atoms with Gasteiger partial charge < -0.3 is 10.5 Å². The van der Waals surface area contributed by atoms with Crippen molar-refractivity contribution in [3.05, 3.63) is 40.6 Å². The van der Waals surface area contributed by atoms with Gasteiger partial charge in [0.05, 0.1) is 10.4 Å². The number of para-hydroxylation sites is 1. The van der Waals surface area contributed by atoms with Crippen LogP contribution in [0.5, 0.6) is 5.75 Å². The van der Waals surface area contributed by atoms with E-state index in [1.54, 1.807) is 12.1 Å². The highest BCUT2D eigenvalue weighted by Crippen LogP contribution is 2.36. The molecular weight excluding hydrogens is 258 g/mol. The summed E-state index contributed by atoms with van der Waals surface area (Å²) in [7, 11) is 0. The molecule has 1 aliphatic rings. The number of hydrogen-bond donors (Lipinski definition) is 1. The zero-order chi connectivity index (χ0) is 14.1. The molecule has 6 heteroatoms. The first-order valence-corrected chi connectivity index (χ1v) is 6.61. The molecule has 20 heavy (non-hydrogen) atoms. The fraction of sp³-hybridized carbons (Fsp3) is 0.357. The number of ether oxygens (including phenoxy) is 1. The van der Waals surface area contributed by atoms with Gasteiger partial charge in [0.15, 0.2) is 0 Å². The van der Waals surface area contributed by atoms with E-state index in [0.29, 0.717) is 10.9 Å². The molecule has 2 atom stereocenters. The highest BCUT2D eigenvalue weighted by molar-refractivity contribution is 5.88. The topological polar surface area (TPSA) is 91.3 Å². The van der Waals surface area contributed by atoms with E-state index < -0.39 is 4.92 Å². The fourth-order valence-electron chi connectivity index (χ4n) is 2.61. The van der Waals surface area contributed by atoms with Crippen LogP contribution in [0, 0.1) is 10.1 Å². The van der Waals surface area contributed by atoms with E-state index >= 15 is 0 Å². The molecule has 1 aromatic heterocycles. The fourth-order valence-corrected chi connectivity index (χ4v) is 2.61. The molecule has 1 aliphatic carbocycles. The lowest BCUT2D eigenvalue weighted by molar-refractivity contribution is -0.386. The Hall–Kier alpha value is -2.21. The molecule has 1 aromatic carbocycles. The van der Waals surface area contributed by atoms with Gasteiger partial charge >= 0.3 is 5.69 Å². The molecule has 0 bridgehead atoms. The van der Waals surface area contributed by atoms with Crippen LogP contribution in [0.1, 0.15) is 19.3 Å². The lowest BCUT2D eigenvalue weighted by Crippen LogP contribution is -2.33. The first-order valence-electron chi connectivity index (χ1n) is 6.61. The summed E-state index contributed by atoms with van der Waals surface area (Å²) >= 11 is 0. The van der Waals surface area contributed by atoms with E-state index in [-0.39, 0.29) is 23.6 Å². The minimum absolute atomic E-state index is 0.0680. The van der Waals surface area contributed by atoms with Crippen LogP contribution >= 0.6 is 0 Å². The van der Waals surface area contributed by atoms with E-state index in [0.717, 1.165) is 19.3 Å². The lowest BCUT2D eigenvalue weighted by atomic mass is 10.1. The van der Waals surface area contributed by atoms with Gasteiger partial charge in [-0.05, 0) is 31.4 Å². The third-order valence-electron chi connectivity index (χ3n) is 3.68. The number of nitrogens with two attached hydrogens (primary N) is 1. The van der Waals surface area contributed by atoms with Crippen LogP contribution in [0.3, 0.4) is 0 Å². The second kappa shape index (κ2) is 5.05. The summed E-state index contributed by atoms with van der Waals surface area (Å²) in [6.07, 6.45) is 3.79. The van der Waals surface area contributed by atoms with Crippen molar-refractivity contribution in [1.29, 1.82) is 0 Å². The second-order valence-corrected chi connectivity index (χ2v) is 5.00. The monoisotopic (exact) mass is 273 g/mol. The number of aromatic nitrogens is 1. The van der Waals surface area contributed by atoms with Crippen molar-refractivity contribution in [3.63, 3.8) is 0 Å². The van der Waals surface area contributed by atoms with Crippen LogP contribution in [-0.2, 0) is 0 Å². The quantitative estimate of drug-likeness (QED) is 0.684. The molecule has 6 nitrogen and oxygen atoms in total. The summed E-state index contributed by atoms with van der Waals surface area (Å²) in [4.78, 5) is 14.8. The number of nitrogens with zero attached hydrogens (tertiary/aromatic N) is 2. The zero-order valence-corrected chi connectivity index (χ0v) is 10.9. The van der Waals surface area contributed by atoms with Gasteiger partial charge in [-0.15, -0.1) is 0 Å². The van der Waals surface area contributed by atoms with E-state index in [1.165, 1.54) is 6.20 Å². The number of pyridine rings is 1. The number of rotatable bonds is 3. The normalized spacial score (nSPS) is 22.1. The average molecular weight is 273 g/mol. The van der Waals surface area contributed by atoms with Crippen molar-refractivity contribution in [1.82, 2.24) is 4.98 Å². The Balaban J connectivity index is 2.09. The summed E-state index contributed by atoms with van der Waals surface area (Å²) in [5.41, 5.74) is 6.56. The van der Waals surface area contributed by atoms with E-state index in [1.807, 2.05) is 12.1 Å². The number of benzene rings is 1. The third kappa shape index (κ3) is 2.18. The minimum atomic E-state index is -0.463. The van der Waals surface area contributed by atoms with Crippen molar-refractivity contribution in [2.45, 2.75) is 31.4 Å². The van der Waals surface area contributed by atoms with Crippen molar-refractivity contribution < 1.29 is 9.66 Å². The Morgan fingerprint density at radius 2 is 2.15 bits per heavy atom. The molecule has 2 unspecified atom stereocenters. The smallest absolute Gasteiger partial charge is 0.329 e. The van der Waals surface area contributed by atoms with Gasteiger partial charge in [0.2, 0.25) is 5.75 Å². The van der Waals surface area contributed by atoms with E-state index in [2.05, 4.69) is 4.98 Å². The molecule has 2 N–H and O–H groups in total. The molecular formula is C14H15N3O3. The molecule has 0 saturated heterocycles. The molecule has 1 heterocycles. The summed E-state index contributed by atoms with van der Waals surface area (Å²) in [6, 6.07) is 7.18. The average Bonchev–Trinajstić information content (AvgIpc) is 2.84. The number of hydrogen-bond acceptors (Lipinski definition) is 5. The summed E-state index contributed by atoms with van der Waals surface area (Å²) < 4.78 is 5.89. The van der Waals surface area contributed by atoms with Crippen molar-refractivity contribution in [3.8, 4) is 5.75 Å². The first kappa shape index (κ1) is 12.8. The van der Waals surface area contributed by atoms with Crippen LogP contribution in [0.25, 0.3) is 10.9 Å². The summed E-state index contributed by atoms with van der Waals surface area (Å²) in [5, 5.41) is 11.8. The van der Waals surface area contributed by atoms with Gasteiger partial charge in [0, 0.05) is 11.4 Å². The minimum Gasteiger partial charge on any atom is -0.481 e. The van der Waals surface area contributed by atoms with Gasteiger partial charge in [-0.2, -0.15) is 0 Å². The third-order valence-corrected chi connectivity index (χ3v) is 3.68. The Morgan fingerprint density at radius 1 is 1.35 bits per heavy atom. The Kier molecular flexibility index (Phi) is 3.23. The maximum atomic E-state index is 11.2. The molecule has 104 valence electrons. The molecule has 0 aliphatic heterocycles. The SMILES string of the molecule is NC1CCCC1Oc1c([N+](=O)[O-])cnc2ccccc12. The summed E-state index contributed by atoms with van der Waals surface area (Å²) in [5.74, 6) is 0.281. The Labute approximate surface area is 115 Å². The molecule has 0 spiro atoms. The van der Waals surface area contributed by atoms with Crippen LogP contribution in [0.2, 0.25) is 0 Å². The Bertz CT molecular complexity index is 659. The van der Waals surface area contributed by atoms with Crippen LogP contribution in [0.15, 0.2) is 30.5 Å². The standard InChI is InChI=1S/C14H15N3O3/c15-10-5-3-7-13(10)20-14-9-4-1-2-6-11(9)16-8-12(14)17(18)19/h1-2,4,6,8,10,13H,3,5,7,15H2. The van der Waals surface area contributed by atoms with Crippen LogP contribution in [-0.4, -0.2) is 22.1 Å². The van der Waals surface area contributed by atoms with Gasteiger partial charge in [-0.3, -0.25) is 10.1 Å². The molecule has 2 aromatic rings. The van der Waals surface area contributed by atoms with Crippen molar-refractivity contribution >= 4 is 16.6 Å². The van der Waals surface area contributed by atoms with E-state index in [9.17, 15) is 10.1 Å². The molecule has 0 amide bonds. The van der Waals surface area contributed by atoms with Crippen molar-refractivity contribution in [2.24, 2.45) is 5.73 Å². The first-order chi connectivity index (χ1) is 9.66. The van der Waals surface area contributed by atoms with Crippen LogP contribution < -0.4 is 10.5 Å². The van der Waals surface area contributed by atoms with Gasteiger partial charge in [0.25, 0.3) is 0 Å². The second-order valence-electron chi connectivity index (χ2n) is 5.00. The van der Waals surface area contributed by atoms with E-state index in [4.69, 9.17) is 10.5 Å². The number of nitro groups is 1. The van der Waals surface area contributed by atoms with Crippen LogP contribution in [0.4, 0.5) is 5.69 Å². The largest absolute Gasteiger partial charge is 0.481 e. The van der Waals surface area contributed by atoms with Gasteiger partial charge in [0.1, 0.15) is 12.3 Å². The molecule has 0 radical (unpaired) electrons. The highest BCUT2D eigenvalue weighted by atomic mass is 16.6. The predicted octanol–water partition coefficient (Wildman–Crippen LogP) is 2.40. The maximum absolute atomic E-state index is 11.2. The van der Waals surface area contributed by atoms with Crippen molar-refractivity contribution in [2.75, 3.05) is 0 Å². The molecule has 1 saturated carbocycles. The zero-order valence-electron chi connectivity index (χ0n) is 10.9. The number of fused-ring (bicyclic) bond motifs is 1. The predicted molar refractivity (Wildman–Crippen MR) is 74.6 cm³/mol. The summed E-state index contributed by atoms with van der Waals surface area (Å²) in [6.45, 7) is 0. The molecule has 3 rings (SSSR count). The van der Waals surface area contributed by atoms with Gasteiger partial charge in [-0.25, -0.2) is 4.98 Å². The Morgan fingerprint density at radius 3 is 2.85 bits per heavy atom. The van der Waals surface area contributed by atoms with Gasteiger partial charge in [-0.1, -0.05) is 12.1 Å².